The first-order chi connectivity index (χ1) is 13.8. The number of nitrogens with zero attached hydrogens (tertiary/aromatic N) is 1. The van der Waals surface area contributed by atoms with Gasteiger partial charge in [0.25, 0.3) is 0 Å². The summed E-state index contributed by atoms with van der Waals surface area (Å²) in [5.74, 6) is 0.520. The predicted molar refractivity (Wildman–Crippen MR) is 115 cm³/mol. The number of halogens is 1. The maximum absolute atomic E-state index is 12.9. The third-order valence-electron chi connectivity index (χ3n) is 4.93. The predicted octanol–water partition coefficient (Wildman–Crippen LogP) is 3.41. The van der Waals surface area contributed by atoms with E-state index in [-0.39, 0.29) is 10.8 Å². The van der Waals surface area contributed by atoms with Gasteiger partial charge in [0, 0.05) is 11.0 Å². The lowest BCUT2D eigenvalue weighted by Gasteiger charge is -2.23. The van der Waals surface area contributed by atoms with Gasteiger partial charge < -0.3 is 10.1 Å². The van der Waals surface area contributed by atoms with Crippen molar-refractivity contribution >= 4 is 31.9 Å². The van der Waals surface area contributed by atoms with Gasteiger partial charge in [-0.1, -0.05) is 34.1 Å². The standard InChI is InChI=1S/C21H25BrN2O4S/c1-15-13-17(22)14-16(2)20(15)28-12-10-23-21(25)19-9-6-11-24(19)29(26,27)18-7-4-3-5-8-18/h3-5,7-8,13-14,19H,6,9-12H2,1-2H3,(H,23,25). The zero-order valence-electron chi connectivity index (χ0n) is 16.5. The summed E-state index contributed by atoms with van der Waals surface area (Å²) in [6.07, 6.45) is 1.18. The highest BCUT2D eigenvalue weighted by molar-refractivity contribution is 9.10. The second-order valence-corrected chi connectivity index (χ2v) is 9.90. The number of carbonyl (C=O) groups excluding carboxylic acids is 1. The average molecular weight is 481 g/mol. The SMILES string of the molecule is Cc1cc(Br)cc(C)c1OCCNC(=O)C1CCCN1S(=O)(=O)c1ccccc1. The molecule has 1 unspecified atom stereocenters. The Morgan fingerprint density at radius 1 is 1.21 bits per heavy atom. The van der Waals surface area contributed by atoms with Crippen LogP contribution in [0.25, 0.3) is 0 Å². The monoisotopic (exact) mass is 480 g/mol. The number of sulfonamides is 1. The highest BCUT2D eigenvalue weighted by Gasteiger charge is 2.39. The van der Waals surface area contributed by atoms with Crippen molar-refractivity contribution in [3.63, 3.8) is 0 Å². The number of ether oxygens (including phenoxy) is 1. The summed E-state index contributed by atoms with van der Waals surface area (Å²) < 4.78 is 33.9. The first-order valence-corrected chi connectivity index (χ1v) is 11.8. The van der Waals surface area contributed by atoms with Gasteiger partial charge in [-0.2, -0.15) is 4.31 Å². The zero-order chi connectivity index (χ0) is 21.0. The molecule has 1 heterocycles. The molecular weight excluding hydrogens is 456 g/mol. The molecule has 2 aromatic rings. The molecule has 1 aliphatic heterocycles. The highest BCUT2D eigenvalue weighted by Crippen LogP contribution is 2.28. The van der Waals surface area contributed by atoms with Crippen LogP contribution in [0.1, 0.15) is 24.0 Å². The molecule has 1 atom stereocenters. The number of carbonyl (C=O) groups is 1. The summed E-state index contributed by atoms with van der Waals surface area (Å²) in [6.45, 7) is 4.91. The van der Waals surface area contributed by atoms with Crippen molar-refractivity contribution in [3.8, 4) is 5.75 Å². The molecule has 0 aromatic heterocycles. The topological polar surface area (TPSA) is 75.7 Å². The molecule has 2 aromatic carbocycles. The number of hydrogen-bond donors (Lipinski definition) is 1. The van der Waals surface area contributed by atoms with Gasteiger partial charge in [-0.15, -0.1) is 0 Å². The van der Waals surface area contributed by atoms with Crippen molar-refractivity contribution in [2.24, 2.45) is 0 Å². The molecule has 8 heteroatoms. The van der Waals surface area contributed by atoms with E-state index in [2.05, 4.69) is 21.2 Å². The molecule has 29 heavy (non-hydrogen) atoms. The van der Waals surface area contributed by atoms with Crippen LogP contribution >= 0.6 is 15.9 Å². The van der Waals surface area contributed by atoms with E-state index in [1.807, 2.05) is 26.0 Å². The van der Waals surface area contributed by atoms with E-state index in [9.17, 15) is 13.2 Å². The van der Waals surface area contributed by atoms with Crippen LogP contribution in [0.2, 0.25) is 0 Å². The number of rotatable bonds is 7. The molecule has 0 bridgehead atoms. The van der Waals surface area contributed by atoms with Gasteiger partial charge in [-0.3, -0.25) is 4.79 Å². The number of aryl methyl sites for hydroxylation is 2. The summed E-state index contributed by atoms with van der Waals surface area (Å²) in [7, 11) is -3.68. The summed E-state index contributed by atoms with van der Waals surface area (Å²) >= 11 is 3.46. The number of amides is 1. The minimum absolute atomic E-state index is 0.212. The lowest BCUT2D eigenvalue weighted by Crippen LogP contribution is -2.46. The fourth-order valence-electron chi connectivity index (χ4n) is 3.59. The fourth-order valence-corrected chi connectivity index (χ4v) is 5.95. The summed E-state index contributed by atoms with van der Waals surface area (Å²) in [6, 6.07) is 11.5. The molecule has 3 rings (SSSR count). The van der Waals surface area contributed by atoms with E-state index in [1.165, 1.54) is 4.31 Å². The lowest BCUT2D eigenvalue weighted by molar-refractivity contribution is -0.124. The Kier molecular flexibility index (Phi) is 6.97. The van der Waals surface area contributed by atoms with Crippen LogP contribution in [0.4, 0.5) is 0 Å². The summed E-state index contributed by atoms with van der Waals surface area (Å²) in [4.78, 5) is 12.9. The highest BCUT2D eigenvalue weighted by atomic mass is 79.9. The van der Waals surface area contributed by atoms with Crippen LogP contribution in [0, 0.1) is 13.8 Å². The quantitative estimate of drug-likeness (QED) is 0.616. The molecular formula is C21H25BrN2O4S. The van der Waals surface area contributed by atoms with E-state index in [4.69, 9.17) is 4.74 Å². The molecule has 0 radical (unpaired) electrons. The van der Waals surface area contributed by atoms with Gasteiger partial charge in [0.1, 0.15) is 18.4 Å². The van der Waals surface area contributed by atoms with Crippen molar-refractivity contribution in [2.45, 2.75) is 37.6 Å². The van der Waals surface area contributed by atoms with Crippen LogP contribution in [0.3, 0.4) is 0 Å². The molecule has 1 saturated heterocycles. The maximum Gasteiger partial charge on any atom is 0.243 e. The van der Waals surface area contributed by atoms with Crippen molar-refractivity contribution in [3.05, 3.63) is 58.1 Å². The van der Waals surface area contributed by atoms with E-state index in [1.54, 1.807) is 30.3 Å². The van der Waals surface area contributed by atoms with Gasteiger partial charge in [0.2, 0.25) is 15.9 Å². The first-order valence-electron chi connectivity index (χ1n) is 9.55. The molecule has 156 valence electrons. The van der Waals surface area contributed by atoms with Crippen LogP contribution in [-0.2, 0) is 14.8 Å². The van der Waals surface area contributed by atoms with E-state index >= 15 is 0 Å². The smallest absolute Gasteiger partial charge is 0.243 e. The second kappa shape index (κ2) is 9.28. The van der Waals surface area contributed by atoms with E-state index < -0.39 is 16.1 Å². The minimum atomic E-state index is -3.68. The number of hydrogen-bond acceptors (Lipinski definition) is 4. The van der Waals surface area contributed by atoms with E-state index in [0.29, 0.717) is 32.5 Å². The normalized spacial score (nSPS) is 17.3. The molecule has 0 spiro atoms. The van der Waals surface area contributed by atoms with Gasteiger partial charge in [-0.05, 0) is 62.1 Å². The van der Waals surface area contributed by atoms with Crippen molar-refractivity contribution in [2.75, 3.05) is 19.7 Å². The Hall–Kier alpha value is -1.90. The first kappa shape index (κ1) is 21.8. The average Bonchev–Trinajstić information content (AvgIpc) is 3.18. The third-order valence-corrected chi connectivity index (χ3v) is 7.31. The largest absolute Gasteiger partial charge is 0.491 e. The minimum Gasteiger partial charge on any atom is -0.491 e. The number of benzene rings is 2. The van der Waals surface area contributed by atoms with Crippen molar-refractivity contribution < 1.29 is 17.9 Å². The Labute approximate surface area is 180 Å². The van der Waals surface area contributed by atoms with Crippen molar-refractivity contribution in [1.82, 2.24) is 9.62 Å². The van der Waals surface area contributed by atoms with Gasteiger partial charge >= 0.3 is 0 Å². The Morgan fingerprint density at radius 2 is 1.86 bits per heavy atom. The molecule has 1 fully saturated rings. The zero-order valence-corrected chi connectivity index (χ0v) is 18.9. The summed E-state index contributed by atoms with van der Waals surface area (Å²) in [5, 5.41) is 2.82. The van der Waals surface area contributed by atoms with Crippen LogP contribution in [0.15, 0.2) is 51.8 Å². The van der Waals surface area contributed by atoms with Gasteiger partial charge in [0.05, 0.1) is 11.4 Å². The number of nitrogens with one attached hydrogen (secondary N) is 1. The van der Waals surface area contributed by atoms with Crippen LogP contribution in [-0.4, -0.2) is 44.4 Å². The Bertz CT molecular complexity index is 956. The van der Waals surface area contributed by atoms with Gasteiger partial charge in [-0.25, -0.2) is 8.42 Å². The van der Waals surface area contributed by atoms with Crippen molar-refractivity contribution in [1.29, 1.82) is 0 Å². The molecule has 0 aliphatic carbocycles. The molecule has 1 N–H and O–H groups in total. The second-order valence-electron chi connectivity index (χ2n) is 7.10. The molecule has 6 nitrogen and oxygen atoms in total. The lowest BCUT2D eigenvalue weighted by atomic mass is 10.1. The Balaban J connectivity index is 1.58. The Morgan fingerprint density at radius 3 is 2.52 bits per heavy atom. The third kappa shape index (κ3) is 4.99. The summed E-state index contributed by atoms with van der Waals surface area (Å²) in [5.41, 5.74) is 2.03. The van der Waals surface area contributed by atoms with Crippen LogP contribution in [0.5, 0.6) is 5.75 Å². The fraction of sp³-hybridized carbons (Fsp3) is 0.381. The molecule has 0 saturated carbocycles. The van der Waals surface area contributed by atoms with E-state index in [0.717, 1.165) is 21.3 Å². The molecule has 1 aliphatic rings. The van der Waals surface area contributed by atoms with Gasteiger partial charge in [0.15, 0.2) is 0 Å². The maximum atomic E-state index is 12.9. The van der Waals surface area contributed by atoms with Crippen LogP contribution < -0.4 is 10.1 Å². The molecule has 1 amide bonds.